The van der Waals surface area contributed by atoms with E-state index in [2.05, 4.69) is 42.8 Å². The molecule has 4 heteroatoms. The molecule has 1 aromatic heterocycles. The van der Waals surface area contributed by atoms with Crippen molar-refractivity contribution >= 4 is 10.9 Å². The normalized spacial score (nSPS) is 13.9. The quantitative estimate of drug-likeness (QED) is 0.396. The lowest BCUT2D eigenvalue weighted by molar-refractivity contribution is -0.0416. The Labute approximate surface area is 158 Å². The lowest BCUT2D eigenvalue weighted by Crippen LogP contribution is -2.34. The number of benzene rings is 1. The van der Waals surface area contributed by atoms with Crippen molar-refractivity contribution in [2.45, 2.75) is 52.7 Å². The van der Waals surface area contributed by atoms with Crippen LogP contribution in [0.4, 0.5) is 0 Å². The third-order valence-electron chi connectivity index (χ3n) is 5.10. The maximum absolute atomic E-state index is 6.01. The van der Waals surface area contributed by atoms with Gasteiger partial charge in [-0.15, -0.1) is 0 Å². The Kier molecular flexibility index (Phi) is 8.33. The highest BCUT2D eigenvalue weighted by Gasteiger charge is 2.23. The van der Waals surface area contributed by atoms with Gasteiger partial charge in [-0.05, 0) is 36.6 Å². The zero-order chi connectivity index (χ0) is 18.9. The van der Waals surface area contributed by atoms with Crippen LogP contribution in [0.2, 0.25) is 0 Å². The van der Waals surface area contributed by atoms with Gasteiger partial charge in [0.25, 0.3) is 0 Å². The van der Waals surface area contributed by atoms with Crippen molar-refractivity contribution in [3.8, 4) is 5.75 Å². The first-order chi connectivity index (χ1) is 12.6. The molecule has 0 N–H and O–H groups in total. The summed E-state index contributed by atoms with van der Waals surface area (Å²) in [7, 11) is 3.51. The summed E-state index contributed by atoms with van der Waals surface area (Å²) >= 11 is 0. The third-order valence-corrected chi connectivity index (χ3v) is 5.10. The van der Waals surface area contributed by atoms with E-state index in [1.54, 1.807) is 14.2 Å². The number of methoxy groups -OCH3 is 2. The summed E-state index contributed by atoms with van der Waals surface area (Å²) < 4.78 is 11.4. The van der Waals surface area contributed by atoms with Crippen molar-refractivity contribution in [2.24, 2.45) is 5.92 Å². The van der Waals surface area contributed by atoms with E-state index >= 15 is 0 Å². The topological polar surface area (TPSA) is 34.6 Å². The number of rotatable bonds is 11. The molecule has 0 saturated carbocycles. The summed E-state index contributed by atoms with van der Waals surface area (Å²) in [4.78, 5) is 7.00. The predicted molar refractivity (Wildman–Crippen MR) is 109 cm³/mol. The van der Waals surface area contributed by atoms with Gasteiger partial charge >= 0.3 is 0 Å². The Morgan fingerprint density at radius 3 is 2.58 bits per heavy atom. The molecule has 0 unspecified atom stereocenters. The highest BCUT2D eigenvalue weighted by molar-refractivity contribution is 5.83. The number of hydrogen-bond donors (Lipinski definition) is 0. The van der Waals surface area contributed by atoms with E-state index in [0.29, 0.717) is 5.92 Å². The maximum atomic E-state index is 6.01. The minimum absolute atomic E-state index is 0.0709. The lowest BCUT2D eigenvalue weighted by Gasteiger charge is -2.33. The highest BCUT2D eigenvalue weighted by Crippen LogP contribution is 2.31. The first-order valence-corrected chi connectivity index (χ1v) is 9.84. The van der Waals surface area contributed by atoms with Crippen LogP contribution < -0.4 is 4.74 Å². The van der Waals surface area contributed by atoms with Gasteiger partial charge in [0, 0.05) is 37.3 Å². The van der Waals surface area contributed by atoms with Gasteiger partial charge in [0.15, 0.2) is 0 Å². The molecule has 1 heterocycles. The molecule has 0 aliphatic rings. The number of hydrogen-bond acceptors (Lipinski definition) is 4. The fourth-order valence-corrected chi connectivity index (χ4v) is 3.36. The van der Waals surface area contributed by atoms with Crippen LogP contribution in [0, 0.1) is 5.92 Å². The summed E-state index contributed by atoms with van der Waals surface area (Å²) in [6, 6.07) is 8.12. The molecule has 2 rings (SSSR count). The van der Waals surface area contributed by atoms with Gasteiger partial charge in [-0.3, -0.25) is 9.88 Å². The zero-order valence-corrected chi connectivity index (χ0v) is 17.0. The summed E-state index contributed by atoms with van der Waals surface area (Å²) in [5.41, 5.74) is 2.14. The molecule has 1 aromatic carbocycles. The van der Waals surface area contributed by atoms with Crippen LogP contribution in [0.1, 0.15) is 58.2 Å². The Bertz CT molecular complexity index is 674. The molecule has 0 aliphatic carbocycles. The molecule has 0 fully saturated rings. The van der Waals surface area contributed by atoms with Crippen LogP contribution >= 0.6 is 0 Å². The zero-order valence-electron chi connectivity index (χ0n) is 17.0. The van der Waals surface area contributed by atoms with E-state index < -0.39 is 0 Å². The van der Waals surface area contributed by atoms with Crippen LogP contribution in [0.5, 0.6) is 5.75 Å². The van der Waals surface area contributed by atoms with Crippen molar-refractivity contribution in [3.63, 3.8) is 0 Å². The SMILES string of the molecule is CCCCCN(C[C@H](C)CC)[C@@H](OC)c1ccnc2ccc(OC)cc12. The fourth-order valence-electron chi connectivity index (χ4n) is 3.36. The summed E-state index contributed by atoms with van der Waals surface area (Å²) in [6.45, 7) is 8.89. The predicted octanol–water partition coefficient (Wildman–Crippen LogP) is 5.43. The summed E-state index contributed by atoms with van der Waals surface area (Å²) in [5, 5.41) is 1.10. The van der Waals surface area contributed by atoms with E-state index in [1.807, 2.05) is 18.3 Å². The molecule has 0 saturated heterocycles. The summed E-state index contributed by atoms with van der Waals surface area (Å²) in [6.07, 6.45) is 6.65. The number of unbranched alkanes of at least 4 members (excludes halogenated alkanes) is 2. The van der Waals surface area contributed by atoms with Gasteiger partial charge in [-0.2, -0.15) is 0 Å². The minimum Gasteiger partial charge on any atom is -0.497 e. The lowest BCUT2D eigenvalue weighted by atomic mass is 10.0. The first-order valence-electron chi connectivity index (χ1n) is 9.84. The van der Waals surface area contributed by atoms with Crippen molar-refractivity contribution in [2.75, 3.05) is 27.3 Å². The molecule has 0 radical (unpaired) electrons. The third kappa shape index (κ3) is 5.18. The molecular formula is C22H34N2O2. The monoisotopic (exact) mass is 358 g/mol. The van der Waals surface area contributed by atoms with Gasteiger partial charge in [0.1, 0.15) is 12.0 Å². The number of fused-ring (bicyclic) bond motifs is 1. The van der Waals surface area contributed by atoms with E-state index in [1.165, 1.54) is 25.7 Å². The van der Waals surface area contributed by atoms with E-state index in [-0.39, 0.29) is 6.23 Å². The van der Waals surface area contributed by atoms with E-state index in [0.717, 1.165) is 35.3 Å². The molecule has 0 aliphatic heterocycles. The van der Waals surface area contributed by atoms with Gasteiger partial charge in [0.2, 0.25) is 0 Å². The largest absolute Gasteiger partial charge is 0.497 e. The van der Waals surface area contributed by atoms with Gasteiger partial charge in [-0.1, -0.05) is 40.0 Å². The molecular weight excluding hydrogens is 324 g/mol. The van der Waals surface area contributed by atoms with Crippen molar-refractivity contribution in [3.05, 3.63) is 36.0 Å². The van der Waals surface area contributed by atoms with Crippen molar-refractivity contribution in [1.82, 2.24) is 9.88 Å². The molecule has 0 spiro atoms. The van der Waals surface area contributed by atoms with Crippen LogP contribution in [-0.2, 0) is 4.74 Å². The van der Waals surface area contributed by atoms with Crippen LogP contribution in [0.3, 0.4) is 0 Å². The Balaban J connectivity index is 2.39. The summed E-state index contributed by atoms with van der Waals surface area (Å²) in [5.74, 6) is 1.48. The second-order valence-corrected chi connectivity index (χ2v) is 7.09. The van der Waals surface area contributed by atoms with Crippen molar-refractivity contribution < 1.29 is 9.47 Å². The van der Waals surface area contributed by atoms with E-state index in [4.69, 9.17) is 9.47 Å². The Morgan fingerprint density at radius 1 is 1.12 bits per heavy atom. The molecule has 144 valence electrons. The number of pyridine rings is 1. The van der Waals surface area contributed by atoms with Crippen LogP contribution in [-0.4, -0.2) is 37.2 Å². The molecule has 2 aromatic rings. The van der Waals surface area contributed by atoms with Crippen LogP contribution in [0.15, 0.2) is 30.5 Å². The molecule has 4 nitrogen and oxygen atoms in total. The van der Waals surface area contributed by atoms with Crippen LogP contribution in [0.25, 0.3) is 10.9 Å². The smallest absolute Gasteiger partial charge is 0.137 e. The number of ether oxygens (including phenoxy) is 2. The Morgan fingerprint density at radius 2 is 1.92 bits per heavy atom. The second kappa shape index (κ2) is 10.5. The molecule has 0 amide bonds. The van der Waals surface area contributed by atoms with Crippen molar-refractivity contribution in [1.29, 1.82) is 0 Å². The molecule has 26 heavy (non-hydrogen) atoms. The standard InChI is InChI=1S/C22H34N2O2/c1-6-8-9-14-24(16-17(3)7-2)22(26-5)19-12-13-23-21-11-10-18(25-4)15-20(19)21/h10-13,15,17,22H,6-9,14,16H2,1-5H3/t17-,22+/m1/s1. The van der Waals surface area contributed by atoms with Gasteiger partial charge < -0.3 is 9.47 Å². The average molecular weight is 359 g/mol. The second-order valence-electron chi connectivity index (χ2n) is 7.09. The van der Waals surface area contributed by atoms with E-state index in [9.17, 15) is 0 Å². The van der Waals surface area contributed by atoms with Gasteiger partial charge in [-0.25, -0.2) is 0 Å². The van der Waals surface area contributed by atoms with Gasteiger partial charge in [0.05, 0.1) is 12.6 Å². The number of nitrogens with zero attached hydrogens (tertiary/aromatic N) is 2. The Hall–Kier alpha value is -1.65. The molecule has 2 atom stereocenters. The fraction of sp³-hybridized carbons (Fsp3) is 0.591. The highest BCUT2D eigenvalue weighted by atomic mass is 16.5. The first kappa shape index (κ1) is 20.7. The minimum atomic E-state index is -0.0709. The maximum Gasteiger partial charge on any atom is 0.137 e. The number of aromatic nitrogens is 1. The average Bonchev–Trinajstić information content (AvgIpc) is 2.68. The molecule has 0 bridgehead atoms.